The summed E-state index contributed by atoms with van der Waals surface area (Å²) in [6.45, 7) is 10.5. The summed E-state index contributed by atoms with van der Waals surface area (Å²) in [5, 5.41) is 15.4. The first-order valence-corrected chi connectivity index (χ1v) is 11.5. The Morgan fingerprint density at radius 3 is 2.68 bits per heavy atom. The maximum Gasteiger partial charge on any atom is 0.323 e. The number of nitrogens with zero attached hydrogens (tertiary/aromatic N) is 1. The van der Waals surface area contributed by atoms with E-state index < -0.39 is 56.1 Å². The van der Waals surface area contributed by atoms with Gasteiger partial charge in [-0.3, -0.25) is 14.2 Å². The second kappa shape index (κ2) is 10.2. The van der Waals surface area contributed by atoms with Crippen LogP contribution in [0.25, 0.3) is 0 Å². The highest BCUT2D eigenvalue weighted by Crippen LogP contribution is 2.42. The molecule has 0 saturated carbocycles. The Morgan fingerprint density at radius 1 is 1.52 bits per heavy atom. The van der Waals surface area contributed by atoms with Gasteiger partial charge in [-0.2, -0.15) is 0 Å². The fourth-order valence-corrected chi connectivity index (χ4v) is 4.36. The molecule has 0 radical (unpaired) electrons. The average Bonchev–Trinajstić information content (AvgIpc) is 2.82. The number of rotatable bonds is 8. The van der Waals surface area contributed by atoms with E-state index in [1.54, 1.807) is 13.8 Å². The molecule has 0 aromatic heterocycles. The van der Waals surface area contributed by atoms with E-state index in [-0.39, 0.29) is 19.4 Å². The van der Waals surface area contributed by atoms with Crippen molar-refractivity contribution in [3.63, 3.8) is 0 Å². The van der Waals surface area contributed by atoms with Gasteiger partial charge < -0.3 is 29.3 Å². The number of carbonyl (C=O) groups excluding carboxylic acids is 2. The zero-order chi connectivity index (χ0) is 22.9. The van der Waals surface area contributed by atoms with Crippen LogP contribution in [0.5, 0.6) is 0 Å². The third-order valence-electron chi connectivity index (χ3n) is 4.55. The number of ether oxygens (including phenoxy) is 2. The number of carbonyl (C=O) groups is 2. The summed E-state index contributed by atoms with van der Waals surface area (Å²) in [6.07, 6.45) is -1.92. The molecule has 10 nitrogen and oxygen atoms in total. The molecule has 1 saturated heterocycles. The number of hydrogen-bond donors (Lipinski definition) is 3. The fourth-order valence-electron chi connectivity index (χ4n) is 3.05. The second-order valence-electron chi connectivity index (χ2n) is 7.76. The van der Waals surface area contributed by atoms with E-state index in [4.69, 9.17) is 14.0 Å². The lowest BCUT2D eigenvalue weighted by atomic mass is 9.98. The Hall–Kier alpha value is -1.78. The van der Waals surface area contributed by atoms with Gasteiger partial charge in [0.1, 0.15) is 24.1 Å². The molecule has 1 fully saturated rings. The van der Waals surface area contributed by atoms with Gasteiger partial charge in [-0.25, -0.2) is 9.48 Å². The van der Waals surface area contributed by atoms with E-state index in [2.05, 4.69) is 17.0 Å². The van der Waals surface area contributed by atoms with Crippen molar-refractivity contribution in [2.24, 2.45) is 0 Å². The van der Waals surface area contributed by atoms with Crippen LogP contribution < -0.4 is 10.4 Å². The highest BCUT2D eigenvalue weighted by atomic mass is 31.2. The van der Waals surface area contributed by atoms with Crippen LogP contribution in [0.15, 0.2) is 24.7 Å². The van der Waals surface area contributed by atoms with Gasteiger partial charge in [0.25, 0.3) is 13.4 Å². The first-order chi connectivity index (χ1) is 13.7. The van der Waals surface area contributed by atoms with Crippen LogP contribution >= 0.6 is 7.52 Å². The van der Waals surface area contributed by atoms with Crippen LogP contribution in [0.1, 0.15) is 35.1 Å². The van der Waals surface area contributed by atoms with Crippen LogP contribution in [0.3, 0.4) is 0 Å². The third-order valence-corrected chi connectivity index (χ3v) is 6.05. The molecule has 0 aromatic rings. The molecule has 3 N–H and O–H groups in total. The Morgan fingerprint density at radius 2 is 2.13 bits per heavy atom. The monoisotopic (exact) mass is 465 g/mol. The summed E-state index contributed by atoms with van der Waals surface area (Å²) in [5.41, 5.74) is -2.25. The average molecular weight is 465 g/mol. The van der Waals surface area contributed by atoms with E-state index in [1.165, 1.54) is 30.8 Å². The third kappa shape index (κ3) is 6.60. The van der Waals surface area contributed by atoms with Crippen molar-refractivity contribution in [2.75, 3.05) is 13.3 Å². The standard InChI is InChI=1S/C18H29FN3O7P.CH4/c1-10(2)28-16(25)11(3)21-30(6,26)27-9-13-15(24)18(5,19)17(29-13)22-8-7-14(23)20-12(22)4;/h7-8,10-11,13,15,17,24H,4,9H2,1-3,5-6H3,(H,20,23)(H,21,26);1H4/t11-,13+,15+,17+,18+,30-;/m0./s1. The minimum Gasteiger partial charge on any atom is -0.462 e. The number of alkyl halides is 1. The minimum absolute atomic E-state index is 0. The van der Waals surface area contributed by atoms with Crippen LogP contribution in [0, 0.1) is 0 Å². The number of aliphatic hydroxyl groups is 1. The van der Waals surface area contributed by atoms with Gasteiger partial charge in [0, 0.05) is 18.9 Å². The van der Waals surface area contributed by atoms with Gasteiger partial charge in [-0.15, -0.1) is 0 Å². The Labute approximate surface area is 182 Å². The lowest BCUT2D eigenvalue weighted by Crippen LogP contribution is -2.51. The molecule has 2 heterocycles. The maximum atomic E-state index is 15.2. The minimum atomic E-state index is -3.51. The lowest BCUT2D eigenvalue weighted by molar-refractivity contribution is -0.149. The molecule has 0 spiro atoms. The smallest absolute Gasteiger partial charge is 0.323 e. The zero-order valence-corrected chi connectivity index (χ0v) is 18.5. The molecule has 2 rings (SSSR count). The molecule has 31 heavy (non-hydrogen) atoms. The lowest BCUT2D eigenvalue weighted by Gasteiger charge is -2.35. The van der Waals surface area contributed by atoms with Crippen molar-refractivity contribution in [1.29, 1.82) is 0 Å². The van der Waals surface area contributed by atoms with Gasteiger partial charge >= 0.3 is 5.97 Å². The van der Waals surface area contributed by atoms with Crippen LogP contribution in [0.2, 0.25) is 0 Å². The molecule has 1 amide bonds. The molecule has 0 bridgehead atoms. The summed E-state index contributed by atoms with van der Waals surface area (Å²) in [5.74, 6) is -0.925. The van der Waals surface area contributed by atoms with Gasteiger partial charge in [0.2, 0.25) is 0 Å². The van der Waals surface area contributed by atoms with Crippen molar-refractivity contribution in [2.45, 2.75) is 71.4 Å². The van der Waals surface area contributed by atoms with E-state index in [0.717, 1.165) is 6.92 Å². The predicted molar refractivity (Wildman–Crippen MR) is 112 cm³/mol. The highest BCUT2D eigenvalue weighted by molar-refractivity contribution is 7.56. The quantitative estimate of drug-likeness (QED) is 0.362. The van der Waals surface area contributed by atoms with Gasteiger partial charge in [0.15, 0.2) is 11.9 Å². The second-order valence-corrected chi connectivity index (χ2v) is 9.97. The van der Waals surface area contributed by atoms with Gasteiger partial charge in [-0.1, -0.05) is 14.0 Å². The molecule has 2 aliphatic heterocycles. The predicted octanol–water partition coefficient (Wildman–Crippen LogP) is 1.62. The van der Waals surface area contributed by atoms with Crippen molar-refractivity contribution in [3.8, 4) is 0 Å². The van der Waals surface area contributed by atoms with E-state index in [0.29, 0.717) is 0 Å². The van der Waals surface area contributed by atoms with Crippen LogP contribution in [0.4, 0.5) is 4.39 Å². The van der Waals surface area contributed by atoms with Gasteiger partial charge in [0.05, 0.1) is 12.7 Å². The fraction of sp³-hybridized carbons (Fsp3) is 0.684. The molecule has 0 aliphatic carbocycles. The van der Waals surface area contributed by atoms with Crippen LogP contribution in [-0.4, -0.2) is 71.4 Å². The van der Waals surface area contributed by atoms with E-state index in [1.807, 2.05) is 0 Å². The molecule has 12 heteroatoms. The Bertz CT molecular complexity index is 774. The molecule has 0 aromatic carbocycles. The highest BCUT2D eigenvalue weighted by Gasteiger charge is 2.57. The topological polar surface area (TPSA) is 126 Å². The molecule has 2 aliphatic rings. The molecular formula is C19H33FN3O7P. The summed E-state index contributed by atoms with van der Waals surface area (Å²) < 4.78 is 43.9. The van der Waals surface area contributed by atoms with Crippen molar-refractivity contribution in [1.82, 2.24) is 15.3 Å². The number of halogens is 1. The first-order valence-electron chi connectivity index (χ1n) is 9.44. The SMILES string of the molecule is C.C=C1NC(=O)C=CN1[C@@H]1O[C@H](CO[P@](C)(=O)N[C@@H](C)C(=O)OC(C)C)[C@@H](O)[C@@]1(C)F. The number of hydrogen-bond acceptors (Lipinski definition) is 8. The summed E-state index contributed by atoms with van der Waals surface area (Å²) in [7, 11) is -3.51. The van der Waals surface area contributed by atoms with E-state index in [9.17, 15) is 19.3 Å². The summed E-state index contributed by atoms with van der Waals surface area (Å²) in [4.78, 5) is 24.5. The summed E-state index contributed by atoms with van der Waals surface area (Å²) >= 11 is 0. The molecular weight excluding hydrogens is 432 g/mol. The van der Waals surface area contributed by atoms with Crippen molar-refractivity contribution >= 4 is 19.4 Å². The maximum absolute atomic E-state index is 15.2. The van der Waals surface area contributed by atoms with Crippen LogP contribution in [-0.2, 0) is 28.2 Å². The molecule has 6 atom stereocenters. The normalized spacial score (nSPS) is 31.1. The van der Waals surface area contributed by atoms with Gasteiger partial charge in [-0.05, 0) is 27.7 Å². The Balaban J connectivity index is 0.00000480. The van der Waals surface area contributed by atoms with E-state index >= 15 is 4.39 Å². The number of esters is 1. The largest absolute Gasteiger partial charge is 0.462 e. The Kier molecular flexibility index (Phi) is 8.99. The number of aliphatic hydroxyl groups excluding tert-OH is 1. The first kappa shape index (κ1) is 27.3. The summed E-state index contributed by atoms with van der Waals surface area (Å²) in [6, 6.07) is -0.901. The number of amides is 1. The molecule has 178 valence electrons. The van der Waals surface area contributed by atoms with Crippen molar-refractivity contribution in [3.05, 3.63) is 24.7 Å². The zero-order valence-electron chi connectivity index (χ0n) is 17.6. The molecule has 0 unspecified atom stereocenters. The van der Waals surface area contributed by atoms with Crippen molar-refractivity contribution < 1.29 is 37.6 Å². The number of nitrogens with one attached hydrogen (secondary N) is 2.